The summed E-state index contributed by atoms with van der Waals surface area (Å²) in [7, 11) is 2.75. The van der Waals surface area contributed by atoms with E-state index < -0.39 is 29.3 Å². The number of phenolic OH excluding ortho intramolecular Hbond substituents is 1. The van der Waals surface area contributed by atoms with Gasteiger partial charge in [0.15, 0.2) is 0 Å². The normalized spacial score (nSPS) is 16.9. The van der Waals surface area contributed by atoms with Crippen LogP contribution in [-0.4, -0.2) is 41.0 Å². The number of ether oxygens (including phenoxy) is 2. The molecule has 2 N–H and O–H groups in total. The van der Waals surface area contributed by atoms with Crippen LogP contribution in [0.25, 0.3) is 5.76 Å². The van der Waals surface area contributed by atoms with Gasteiger partial charge in [0.1, 0.15) is 28.8 Å². The van der Waals surface area contributed by atoms with Gasteiger partial charge in [-0.15, -0.1) is 0 Å². The Bertz CT molecular complexity index is 1390. The van der Waals surface area contributed by atoms with Gasteiger partial charge in [-0.1, -0.05) is 41.4 Å². The summed E-state index contributed by atoms with van der Waals surface area (Å²) in [4.78, 5) is 27.7. The lowest BCUT2D eigenvalue weighted by molar-refractivity contribution is -0.140. The first-order valence-electron chi connectivity index (χ1n) is 10.6. The number of phenols is 1. The molecular formula is C26H20Cl2FNO6. The molecule has 1 aliphatic heterocycles. The van der Waals surface area contributed by atoms with Crippen molar-refractivity contribution in [3.05, 3.63) is 92.7 Å². The van der Waals surface area contributed by atoms with Crippen molar-refractivity contribution in [1.29, 1.82) is 0 Å². The Balaban J connectivity index is 1.94. The maximum absolute atomic E-state index is 13.4. The number of aromatic hydroxyl groups is 1. The zero-order valence-corrected chi connectivity index (χ0v) is 20.6. The van der Waals surface area contributed by atoms with Gasteiger partial charge in [0.05, 0.1) is 41.4 Å². The number of aliphatic hydroxyl groups is 1. The molecule has 3 aromatic carbocycles. The van der Waals surface area contributed by atoms with Gasteiger partial charge < -0.3 is 24.6 Å². The fraction of sp³-hybridized carbons (Fsp3) is 0.154. The summed E-state index contributed by atoms with van der Waals surface area (Å²) >= 11 is 12.3. The highest BCUT2D eigenvalue weighted by molar-refractivity contribution is 6.46. The van der Waals surface area contributed by atoms with Crippen LogP contribution in [0.1, 0.15) is 22.7 Å². The summed E-state index contributed by atoms with van der Waals surface area (Å²) < 4.78 is 24.0. The predicted molar refractivity (Wildman–Crippen MR) is 132 cm³/mol. The van der Waals surface area contributed by atoms with Gasteiger partial charge in [-0.05, 0) is 41.5 Å². The van der Waals surface area contributed by atoms with Gasteiger partial charge in [0, 0.05) is 12.6 Å². The monoisotopic (exact) mass is 531 g/mol. The van der Waals surface area contributed by atoms with Gasteiger partial charge in [-0.25, -0.2) is 4.39 Å². The third-order valence-electron chi connectivity index (χ3n) is 5.82. The molecule has 1 heterocycles. The highest BCUT2D eigenvalue weighted by atomic mass is 35.5. The van der Waals surface area contributed by atoms with E-state index in [0.717, 1.165) is 0 Å². The number of ketones is 1. The van der Waals surface area contributed by atoms with E-state index in [9.17, 15) is 24.2 Å². The number of halogens is 3. The minimum absolute atomic E-state index is 0.00869. The number of hydrogen-bond acceptors (Lipinski definition) is 6. The van der Waals surface area contributed by atoms with Gasteiger partial charge in [-0.2, -0.15) is 0 Å². The van der Waals surface area contributed by atoms with Crippen LogP contribution in [0, 0.1) is 5.82 Å². The molecule has 1 fully saturated rings. The first-order valence-corrected chi connectivity index (χ1v) is 11.3. The molecule has 1 aliphatic rings. The molecule has 186 valence electrons. The molecule has 0 radical (unpaired) electrons. The summed E-state index contributed by atoms with van der Waals surface area (Å²) in [6.07, 6.45) is 0. The Morgan fingerprint density at radius 1 is 0.972 bits per heavy atom. The van der Waals surface area contributed by atoms with E-state index in [-0.39, 0.29) is 45.0 Å². The van der Waals surface area contributed by atoms with Crippen LogP contribution < -0.4 is 9.47 Å². The van der Waals surface area contributed by atoms with Crippen LogP contribution in [0.3, 0.4) is 0 Å². The number of likely N-dealkylation sites (tertiary alicyclic amines) is 1. The molecule has 36 heavy (non-hydrogen) atoms. The topological polar surface area (TPSA) is 96.3 Å². The van der Waals surface area contributed by atoms with Crippen molar-refractivity contribution in [2.24, 2.45) is 0 Å². The lowest BCUT2D eigenvalue weighted by atomic mass is 9.94. The Labute approximate surface area is 215 Å². The van der Waals surface area contributed by atoms with Crippen LogP contribution in [0.5, 0.6) is 17.2 Å². The number of hydrogen-bond donors (Lipinski definition) is 2. The lowest BCUT2D eigenvalue weighted by Crippen LogP contribution is -2.29. The molecule has 1 amide bonds. The Hall–Kier alpha value is -3.75. The fourth-order valence-corrected chi connectivity index (χ4v) is 4.48. The van der Waals surface area contributed by atoms with Gasteiger partial charge in [0.2, 0.25) is 0 Å². The summed E-state index contributed by atoms with van der Waals surface area (Å²) in [5.41, 5.74) is 0.763. The lowest BCUT2D eigenvalue weighted by Gasteiger charge is -2.26. The fourth-order valence-electron chi connectivity index (χ4n) is 4.06. The number of Topliss-reactive ketones (excluding diaryl/α,β-unsaturated/α-hetero) is 1. The highest BCUT2D eigenvalue weighted by Gasteiger charge is 2.46. The van der Waals surface area contributed by atoms with Crippen molar-refractivity contribution >= 4 is 40.7 Å². The largest absolute Gasteiger partial charge is 0.507 e. The number of rotatable bonds is 6. The number of methoxy groups -OCH3 is 2. The number of amides is 1. The van der Waals surface area contributed by atoms with Gasteiger partial charge >= 0.3 is 0 Å². The molecule has 10 heteroatoms. The first-order chi connectivity index (χ1) is 17.2. The third-order valence-corrected chi connectivity index (χ3v) is 6.42. The second-order valence-electron chi connectivity index (χ2n) is 7.95. The van der Waals surface area contributed by atoms with Crippen molar-refractivity contribution in [3.63, 3.8) is 0 Å². The van der Waals surface area contributed by atoms with Crippen molar-refractivity contribution in [1.82, 2.24) is 4.90 Å². The van der Waals surface area contributed by atoms with E-state index in [1.54, 1.807) is 0 Å². The molecule has 1 atom stereocenters. The number of benzene rings is 3. The highest BCUT2D eigenvalue weighted by Crippen LogP contribution is 2.44. The Morgan fingerprint density at radius 3 is 2.25 bits per heavy atom. The average molecular weight is 532 g/mol. The second-order valence-corrected chi connectivity index (χ2v) is 8.77. The number of carbonyl (C=O) groups excluding carboxylic acids is 2. The molecule has 7 nitrogen and oxygen atoms in total. The zero-order chi connectivity index (χ0) is 26.1. The number of aliphatic hydroxyl groups excluding tert-OH is 1. The molecule has 4 rings (SSSR count). The minimum Gasteiger partial charge on any atom is -0.507 e. The van der Waals surface area contributed by atoms with Crippen molar-refractivity contribution < 1.29 is 33.7 Å². The molecular weight excluding hydrogens is 512 g/mol. The molecule has 0 saturated carbocycles. The third kappa shape index (κ3) is 4.57. The van der Waals surface area contributed by atoms with Crippen molar-refractivity contribution in [2.75, 3.05) is 14.2 Å². The molecule has 3 aromatic rings. The molecule has 0 aliphatic carbocycles. The quantitative estimate of drug-likeness (QED) is 0.248. The molecule has 0 bridgehead atoms. The molecule has 1 saturated heterocycles. The van der Waals surface area contributed by atoms with E-state index in [2.05, 4.69) is 0 Å². The predicted octanol–water partition coefficient (Wildman–Crippen LogP) is 5.48. The van der Waals surface area contributed by atoms with E-state index in [0.29, 0.717) is 11.1 Å². The maximum Gasteiger partial charge on any atom is 0.295 e. The van der Waals surface area contributed by atoms with Gasteiger partial charge in [0.25, 0.3) is 11.7 Å². The van der Waals surface area contributed by atoms with E-state index in [4.69, 9.17) is 32.7 Å². The van der Waals surface area contributed by atoms with Crippen LogP contribution in [0.2, 0.25) is 10.0 Å². The van der Waals surface area contributed by atoms with Crippen LogP contribution in [0.15, 0.2) is 60.2 Å². The van der Waals surface area contributed by atoms with Gasteiger partial charge in [-0.3, -0.25) is 9.59 Å². The Morgan fingerprint density at radius 2 is 1.64 bits per heavy atom. The van der Waals surface area contributed by atoms with E-state index in [1.807, 2.05) is 0 Å². The standard InChI is InChI=1S/C26H20Cl2FNO6/c1-35-20-11-18(28)21(36-2)10-16(20)24(32)22-23(14-5-8-19(31)17(27)9-14)30(26(34)25(22)33)12-13-3-6-15(29)7-4-13/h3-11,23,31-32H,12H2,1-2H3/b24-22+. The molecule has 0 spiro atoms. The first kappa shape index (κ1) is 25.3. The second kappa shape index (κ2) is 10.1. The number of nitrogens with zero attached hydrogens (tertiary/aromatic N) is 1. The van der Waals surface area contributed by atoms with Crippen LogP contribution >= 0.6 is 23.2 Å². The van der Waals surface area contributed by atoms with E-state index in [1.165, 1.54) is 73.7 Å². The SMILES string of the molecule is COc1cc(/C(O)=C2\C(=O)C(=O)N(Cc3ccc(F)cc3)C2c2ccc(O)c(Cl)c2)c(OC)cc1Cl. The Kier molecular flexibility index (Phi) is 7.10. The summed E-state index contributed by atoms with van der Waals surface area (Å²) in [6.45, 7) is -0.0636. The summed E-state index contributed by atoms with van der Waals surface area (Å²) in [5.74, 6) is -2.63. The smallest absolute Gasteiger partial charge is 0.295 e. The average Bonchev–Trinajstić information content (AvgIpc) is 3.11. The van der Waals surface area contributed by atoms with Crippen LogP contribution in [0.4, 0.5) is 4.39 Å². The number of carbonyl (C=O) groups is 2. The molecule has 1 unspecified atom stereocenters. The van der Waals surface area contributed by atoms with Crippen LogP contribution in [-0.2, 0) is 16.1 Å². The van der Waals surface area contributed by atoms with Crippen molar-refractivity contribution in [3.8, 4) is 17.2 Å². The molecule has 0 aromatic heterocycles. The van der Waals surface area contributed by atoms with E-state index >= 15 is 0 Å². The zero-order valence-electron chi connectivity index (χ0n) is 19.1. The summed E-state index contributed by atoms with van der Waals surface area (Å²) in [5, 5.41) is 21.5. The summed E-state index contributed by atoms with van der Waals surface area (Å²) in [6, 6.07) is 11.4. The van der Waals surface area contributed by atoms with Crippen molar-refractivity contribution in [2.45, 2.75) is 12.6 Å². The minimum atomic E-state index is -1.08. The maximum atomic E-state index is 13.4.